The molecule has 1 atom stereocenters. The van der Waals surface area contributed by atoms with Crippen molar-refractivity contribution in [3.8, 4) is 5.75 Å². The van der Waals surface area contributed by atoms with Crippen molar-refractivity contribution in [2.45, 2.75) is 19.5 Å². The van der Waals surface area contributed by atoms with Crippen molar-refractivity contribution < 1.29 is 19.4 Å². The van der Waals surface area contributed by atoms with E-state index >= 15 is 0 Å². The zero-order valence-electron chi connectivity index (χ0n) is 17.3. The largest absolute Gasteiger partial charge is 0.507 e. The highest BCUT2D eigenvalue weighted by molar-refractivity contribution is 6.46. The van der Waals surface area contributed by atoms with Gasteiger partial charge in [0.2, 0.25) is 0 Å². The highest BCUT2D eigenvalue weighted by Crippen LogP contribution is 2.40. The van der Waals surface area contributed by atoms with Crippen LogP contribution in [0.4, 0.5) is 0 Å². The monoisotopic (exact) mass is 414 g/mol. The summed E-state index contributed by atoms with van der Waals surface area (Å²) in [7, 11) is 1.55. The molecule has 2 aromatic carbocycles. The summed E-state index contributed by atoms with van der Waals surface area (Å²) in [5, 5.41) is 11.1. The summed E-state index contributed by atoms with van der Waals surface area (Å²) in [4.78, 5) is 31.6. The zero-order valence-corrected chi connectivity index (χ0v) is 17.3. The number of aryl methyl sites for hydroxylation is 1. The number of hydrogen-bond donors (Lipinski definition) is 1. The van der Waals surface area contributed by atoms with Gasteiger partial charge in [-0.3, -0.25) is 14.6 Å². The SMILES string of the molecule is COc1ccc(/C(O)=C2/C(=O)C(=O)N(Cc3cccnc3)C2c2ccc(C)cc2)cc1. The molecule has 1 amide bonds. The summed E-state index contributed by atoms with van der Waals surface area (Å²) in [6, 6.07) is 17.2. The smallest absolute Gasteiger partial charge is 0.295 e. The van der Waals surface area contributed by atoms with Crippen LogP contribution in [0.5, 0.6) is 5.75 Å². The van der Waals surface area contributed by atoms with E-state index in [9.17, 15) is 14.7 Å². The van der Waals surface area contributed by atoms with Crippen LogP contribution in [-0.2, 0) is 16.1 Å². The average molecular weight is 414 g/mol. The minimum Gasteiger partial charge on any atom is -0.507 e. The number of methoxy groups -OCH3 is 1. The van der Waals surface area contributed by atoms with E-state index in [4.69, 9.17) is 4.74 Å². The van der Waals surface area contributed by atoms with Gasteiger partial charge in [-0.15, -0.1) is 0 Å². The average Bonchev–Trinajstić information content (AvgIpc) is 3.05. The molecule has 0 radical (unpaired) electrons. The Morgan fingerprint density at radius 3 is 2.39 bits per heavy atom. The molecule has 1 unspecified atom stereocenters. The predicted octanol–water partition coefficient (Wildman–Crippen LogP) is 4.02. The number of ketones is 1. The van der Waals surface area contributed by atoms with E-state index in [0.29, 0.717) is 11.3 Å². The van der Waals surface area contributed by atoms with Crippen LogP contribution in [0.25, 0.3) is 5.76 Å². The molecule has 1 N–H and O–H groups in total. The van der Waals surface area contributed by atoms with Crippen LogP contribution >= 0.6 is 0 Å². The van der Waals surface area contributed by atoms with Crippen molar-refractivity contribution >= 4 is 17.4 Å². The Labute approximate surface area is 180 Å². The number of aliphatic hydroxyl groups excluding tert-OH is 1. The molecular weight excluding hydrogens is 392 g/mol. The highest BCUT2D eigenvalue weighted by atomic mass is 16.5. The van der Waals surface area contributed by atoms with Crippen molar-refractivity contribution in [2.24, 2.45) is 0 Å². The number of aliphatic hydroxyl groups is 1. The van der Waals surface area contributed by atoms with Crippen molar-refractivity contribution in [3.05, 3.63) is 101 Å². The third-order valence-corrected chi connectivity index (χ3v) is 5.37. The first-order valence-corrected chi connectivity index (χ1v) is 9.88. The van der Waals surface area contributed by atoms with Gasteiger partial charge >= 0.3 is 0 Å². The Balaban J connectivity index is 1.84. The summed E-state index contributed by atoms with van der Waals surface area (Å²) in [6.07, 6.45) is 3.31. The number of nitrogens with zero attached hydrogens (tertiary/aromatic N) is 2. The van der Waals surface area contributed by atoms with Crippen LogP contribution in [0.1, 0.15) is 28.3 Å². The number of aromatic nitrogens is 1. The molecule has 3 aromatic rings. The first-order valence-electron chi connectivity index (χ1n) is 9.88. The number of pyridine rings is 1. The van der Waals surface area contributed by atoms with Gasteiger partial charge < -0.3 is 14.7 Å². The fourth-order valence-corrected chi connectivity index (χ4v) is 3.73. The zero-order chi connectivity index (χ0) is 22.0. The molecule has 6 heteroatoms. The summed E-state index contributed by atoms with van der Waals surface area (Å²) in [5.41, 5.74) is 3.12. The first-order chi connectivity index (χ1) is 15.0. The lowest BCUT2D eigenvalue weighted by Gasteiger charge is -2.25. The number of Topliss-reactive ketones (excluding diaryl/α,β-unsaturated/α-hetero) is 1. The van der Waals surface area contributed by atoms with Gasteiger partial charge in [0.25, 0.3) is 11.7 Å². The third-order valence-electron chi connectivity index (χ3n) is 5.37. The first kappa shape index (κ1) is 20.3. The molecule has 0 spiro atoms. The molecule has 6 nitrogen and oxygen atoms in total. The number of benzene rings is 2. The minimum absolute atomic E-state index is 0.0721. The van der Waals surface area contributed by atoms with Crippen LogP contribution in [0.3, 0.4) is 0 Å². The Morgan fingerprint density at radius 2 is 1.77 bits per heavy atom. The van der Waals surface area contributed by atoms with E-state index in [-0.39, 0.29) is 17.9 Å². The van der Waals surface area contributed by atoms with E-state index in [2.05, 4.69) is 4.98 Å². The van der Waals surface area contributed by atoms with Gasteiger partial charge in [0.15, 0.2) is 0 Å². The molecule has 1 aromatic heterocycles. The molecular formula is C25H22N2O4. The van der Waals surface area contributed by atoms with Crippen molar-refractivity contribution in [1.29, 1.82) is 0 Å². The topological polar surface area (TPSA) is 79.7 Å². The number of rotatable bonds is 5. The number of carbonyl (C=O) groups is 2. The van der Waals surface area contributed by atoms with E-state index < -0.39 is 17.7 Å². The second-order valence-corrected chi connectivity index (χ2v) is 7.43. The van der Waals surface area contributed by atoms with Gasteiger partial charge in [-0.25, -0.2) is 0 Å². The lowest BCUT2D eigenvalue weighted by molar-refractivity contribution is -0.140. The number of carbonyl (C=O) groups excluding carboxylic acids is 2. The number of amides is 1. The molecule has 1 fully saturated rings. The van der Waals surface area contributed by atoms with Crippen molar-refractivity contribution in [2.75, 3.05) is 7.11 Å². The van der Waals surface area contributed by atoms with Gasteiger partial charge in [0, 0.05) is 24.5 Å². The van der Waals surface area contributed by atoms with Crippen LogP contribution < -0.4 is 4.74 Å². The number of likely N-dealkylation sites (tertiary alicyclic amines) is 1. The minimum atomic E-state index is -0.706. The normalized spacial score (nSPS) is 17.7. The highest BCUT2D eigenvalue weighted by Gasteiger charge is 2.46. The second kappa shape index (κ2) is 8.44. The Bertz CT molecular complexity index is 1140. The Morgan fingerprint density at radius 1 is 1.06 bits per heavy atom. The molecule has 156 valence electrons. The summed E-state index contributed by atoms with van der Waals surface area (Å²) in [6.45, 7) is 2.17. The fourth-order valence-electron chi connectivity index (χ4n) is 3.73. The van der Waals surface area contributed by atoms with Gasteiger partial charge in [0.1, 0.15) is 11.5 Å². The quantitative estimate of drug-likeness (QED) is 0.388. The fraction of sp³-hybridized carbons (Fsp3) is 0.160. The molecule has 1 saturated heterocycles. The van der Waals surface area contributed by atoms with E-state index in [1.54, 1.807) is 49.8 Å². The van der Waals surface area contributed by atoms with Crippen molar-refractivity contribution in [1.82, 2.24) is 9.88 Å². The lowest BCUT2D eigenvalue weighted by atomic mass is 9.94. The molecule has 2 heterocycles. The summed E-state index contributed by atoms with van der Waals surface area (Å²) < 4.78 is 5.16. The second-order valence-electron chi connectivity index (χ2n) is 7.43. The Hall–Kier alpha value is -3.93. The molecule has 1 aliphatic heterocycles. The van der Waals surface area contributed by atoms with Crippen LogP contribution in [0.2, 0.25) is 0 Å². The molecule has 0 aliphatic carbocycles. The van der Waals surface area contributed by atoms with Gasteiger partial charge in [0.05, 0.1) is 18.7 Å². The van der Waals surface area contributed by atoms with Gasteiger partial charge in [-0.1, -0.05) is 35.9 Å². The molecule has 1 aliphatic rings. The predicted molar refractivity (Wildman–Crippen MR) is 116 cm³/mol. The maximum atomic E-state index is 13.0. The van der Waals surface area contributed by atoms with Gasteiger partial charge in [-0.2, -0.15) is 0 Å². The van der Waals surface area contributed by atoms with E-state index in [0.717, 1.165) is 16.7 Å². The summed E-state index contributed by atoms with van der Waals surface area (Å²) in [5.74, 6) is -0.934. The van der Waals surface area contributed by atoms with Crippen LogP contribution in [0, 0.1) is 6.92 Å². The van der Waals surface area contributed by atoms with Crippen LogP contribution in [0.15, 0.2) is 78.6 Å². The molecule has 4 rings (SSSR count). The molecule has 31 heavy (non-hydrogen) atoms. The van der Waals surface area contributed by atoms with Crippen LogP contribution in [-0.4, -0.2) is 33.8 Å². The standard InChI is InChI=1S/C25H22N2O4/c1-16-5-7-18(8-6-16)22-21(23(28)19-9-11-20(31-2)12-10-19)24(29)25(30)27(22)15-17-4-3-13-26-14-17/h3-14,22,28H,15H2,1-2H3/b23-21-. The maximum absolute atomic E-state index is 13.0. The molecule has 0 saturated carbocycles. The third kappa shape index (κ3) is 3.92. The number of hydrogen-bond acceptors (Lipinski definition) is 5. The summed E-state index contributed by atoms with van der Waals surface area (Å²) >= 11 is 0. The number of ether oxygens (including phenoxy) is 1. The lowest BCUT2D eigenvalue weighted by Crippen LogP contribution is -2.29. The van der Waals surface area contributed by atoms with E-state index in [1.807, 2.05) is 37.3 Å². The Kier molecular flexibility index (Phi) is 5.54. The van der Waals surface area contributed by atoms with E-state index in [1.165, 1.54) is 4.90 Å². The van der Waals surface area contributed by atoms with Crippen molar-refractivity contribution in [3.63, 3.8) is 0 Å². The maximum Gasteiger partial charge on any atom is 0.295 e. The van der Waals surface area contributed by atoms with Gasteiger partial charge in [-0.05, 0) is 48.4 Å². The molecule has 0 bridgehead atoms.